The molecule has 1 spiro atoms. The third-order valence-corrected chi connectivity index (χ3v) is 4.30. The van der Waals surface area contributed by atoms with Crippen LogP contribution in [0.15, 0.2) is 0 Å². The number of amides is 2. The number of urea groups is 1. The van der Waals surface area contributed by atoms with Crippen LogP contribution in [0.4, 0.5) is 4.79 Å². The van der Waals surface area contributed by atoms with Crippen LogP contribution in [0, 0.1) is 17.3 Å². The van der Waals surface area contributed by atoms with E-state index in [4.69, 9.17) is 5.73 Å². The standard InChI is InChI=1S/C12H20N2O2/c1-7(2)9(15)10-12(6-8(12)3)4-5-14(10)11(13)16/h7-8,10H,4-6H2,1-3H3,(H2,13,16)/t8-,10-,12?/m1/s1. The van der Waals surface area contributed by atoms with E-state index in [1.165, 1.54) is 0 Å². The predicted molar refractivity (Wildman–Crippen MR) is 60.8 cm³/mol. The minimum atomic E-state index is -0.449. The molecular weight excluding hydrogens is 204 g/mol. The number of likely N-dealkylation sites (tertiary alicyclic amines) is 1. The molecule has 90 valence electrons. The lowest BCUT2D eigenvalue weighted by molar-refractivity contribution is -0.127. The Bertz CT molecular complexity index is 340. The van der Waals surface area contributed by atoms with Crippen LogP contribution in [-0.4, -0.2) is 29.3 Å². The molecule has 1 aliphatic carbocycles. The average Bonchev–Trinajstić information content (AvgIpc) is 2.68. The van der Waals surface area contributed by atoms with Gasteiger partial charge in [-0.25, -0.2) is 4.79 Å². The number of primary amides is 1. The molecule has 16 heavy (non-hydrogen) atoms. The van der Waals surface area contributed by atoms with Gasteiger partial charge in [0.2, 0.25) is 0 Å². The quantitative estimate of drug-likeness (QED) is 0.770. The van der Waals surface area contributed by atoms with Gasteiger partial charge < -0.3 is 10.6 Å². The van der Waals surface area contributed by atoms with Gasteiger partial charge in [0.1, 0.15) is 0 Å². The fraction of sp³-hybridized carbons (Fsp3) is 0.833. The van der Waals surface area contributed by atoms with Gasteiger partial charge in [-0.2, -0.15) is 0 Å². The molecule has 1 saturated carbocycles. The Kier molecular flexibility index (Phi) is 2.48. The van der Waals surface area contributed by atoms with Gasteiger partial charge >= 0.3 is 6.03 Å². The SMILES string of the molecule is CC(C)C(=O)[C@H]1N(C(N)=O)CCC12C[C@H]2C. The van der Waals surface area contributed by atoms with Crippen molar-refractivity contribution in [1.29, 1.82) is 0 Å². The number of ketones is 1. The monoisotopic (exact) mass is 224 g/mol. The highest BCUT2D eigenvalue weighted by Crippen LogP contribution is 2.62. The molecule has 2 aliphatic rings. The number of carbonyl (C=O) groups is 2. The summed E-state index contributed by atoms with van der Waals surface area (Å²) in [4.78, 5) is 25.1. The molecule has 4 heteroatoms. The molecule has 0 aromatic heterocycles. The summed E-state index contributed by atoms with van der Waals surface area (Å²) >= 11 is 0. The Hall–Kier alpha value is -1.06. The van der Waals surface area contributed by atoms with Gasteiger partial charge in [-0.15, -0.1) is 0 Å². The van der Waals surface area contributed by atoms with Gasteiger partial charge in [0, 0.05) is 17.9 Å². The van der Waals surface area contributed by atoms with Crippen LogP contribution in [0.1, 0.15) is 33.6 Å². The summed E-state index contributed by atoms with van der Waals surface area (Å²) in [5, 5.41) is 0. The number of Topliss-reactive ketones (excluding diaryl/α,β-unsaturated/α-hetero) is 1. The van der Waals surface area contributed by atoms with Crippen molar-refractivity contribution in [3.05, 3.63) is 0 Å². The van der Waals surface area contributed by atoms with E-state index in [0.29, 0.717) is 12.5 Å². The minimum absolute atomic E-state index is 0.0328. The van der Waals surface area contributed by atoms with E-state index in [-0.39, 0.29) is 23.2 Å². The lowest BCUT2D eigenvalue weighted by Crippen LogP contribution is -2.48. The first-order valence-electron chi connectivity index (χ1n) is 6.00. The second-order valence-electron chi connectivity index (χ2n) is 5.58. The summed E-state index contributed by atoms with van der Waals surface area (Å²) in [7, 11) is 0. The summed E-state index contributed by atoms with van der Waals surface area (Å²) in [6, 6.07) is -0.713. The molecule has 0 aromatic rings. The summed E-state index contributed by atoms with van der Waals surface area (Å²) in [5.74, 6) is 0.680. The molecule has 2 fully saturated rings. The normalized spacial score (nSPS) is 37.1. The summed E-state index contributed by atoms with van der Waals surface area (Å²) in [6.45, 7) is 6.58. The second-order valence-corrected chi connectivity index (χ2v) is 5.58. The lowest BCUT2D eigenvalue weighted by Gasteiger charge is -2.27. The lowest BCUT2D eigenvalue weighted by atomic mass is 9.87. The zero-order valence-electron chi connectivity index (χ0n) is 10.2. The fourth-order valence-corrected chi connectivity index (χ4v) is 3.14. The molecule has 1 saturated heterocycles. The van der Waals surface area contributed by atoms with Crippen molar-refractivity contribution in [3.8, 4) is 0 Å². The van der Waals surface area contributed by atoms with Crippen molar-refractivity contribution < 1.29 is 9.59 Å². The zero-order valence-corrected chi connectivity index (χ0v) is 10.2. The Morgan fingerprint density at radius 1 is 1.44 bits per heavy atom. The number of hydrogen-bond acceptors (Lipinski definition) is 2. The summed E-state index contributed by atoms with van der Waals surface area (Å²) < 4.78 is 0. The van der Waals surface area contributed by atoms with E-state index in [1.54, 1.807) is 4.90 Å². The first-order chi connectivity index (χ1) is 7.40. The maximum absolute atomic E-state index is 12.2. The molecule has 0 bridgehead atoms. The topological polar surface area (TPSA) is 63.4 Å². The fourth-order valence-electron chi connectivity index (χ4n) is 3.14. The maximum atomic E-state index is 12.2. The van der Waals surface area contributed by atoms with Crippen molar-refractivity contribution >= 4 is 11.8 Å². The summed E-state index contributed by atoms with van der Waals surface area (Å²) in [6.07, 6.45) is 1.99. The molecule has 1 unspecified atom stereocenters. The summed E-state index contributed by atoms with van der Waals surface area (Å²) in [5.41, 5.74) is 5.41. The molecule has 4 nitrogen and oxygen atoms in total. The van der Waals surface area contributed by atoms with Crippen molar-refractivity contribution in [3.63, 3.8) is 0 Å². The highest BCUT2D eigenvalue weighted by Gasteiger charge is 2.64. The average molecular weight is 224 g/mol. The van der Waals surface area contributed by atoms with E-state index >= 15 is 0 Å². The van der Waals surface area contributed by atoms with Crippen molar-refractivity contribution in [2.75, 3.05) is 6.54 Å². The van der Waals surface area contributed by atoms with Gasteiger partial charge in [0.15, 0.2) is 5.78 Å². The van der Waals surface area contributed by atoms with Crippen molar-refractivity contribution in [1.82, 2.24) is 4.90 Å². The van der Waals surface area contributed by atoms with E-state index in [0.717, 1.165) is 12.8 Å². The third kappa shape index (κ3) is 1.43. The van der Waals surface area contributed by atoms with Crippen molar-refractivity contribution in [2.45, 2.75) is 39.7 Å². The Labute approximate surface area is 96.2 Å². The van der Waals surface area contributed by atoms with Crippen LogP contribution in [0.2, 0.25) is 0 Å². The molecular formula is C12H20N2O2. The Balaban J connectivity index is 2.27. The van der Waals surface area contributed by atoms with Gasteiger partial charge in [-0.05, 0) is 18.8 Å². The Morgan fingerprint density at radius 2 is 2.00 bits per heavy atom. The number of carbonyl (C=O) groups excluding carboxylic acids is 2. The number of rotatable bonds is 2. The molecule has 1 aliphatic heterocycles. The highest BCUT2D eigenvalue weighted by atomic mass is 16.2. The predicted octanol–water partition coefficient (Wildman–Crippen LogP) is 1.39. The smallest absolute Gasteiger partial charge is 0.315 e. The highest BCUT2D eigenvalue weighted by molar-refractivity contribution is 5.91. The van der Waals surface area contributed by atoms with Crippen LogP contribution < -0.4 is 5.73 Å². The molecule has 2 amide bonds. The van der Waals surface area contributed by atoms with Crippen molar-refractivity contribution in [2.24, 2.45) is 23.0 Å². The minimum Gasteiger partial charge on any atom is -0.351 e. The van der Waals surface area contributed by atoms with Crippen LogP contribution in [-0.2, 0) is 4.79 Å². The van der Waals surface area contributed by atoms with E-state index < -0.39 is 6.03 Å². The first-order valence-corrected chi connectivity index (χ1v) is 6.00. The molecule has 3 atom stereocenters. The first kappa shape index (κ1) is 11.4. The molecule has 0 radical (unpaired) electrons. The van der Waals surface area contributed by atoms with E-state index in [2.05, 4.69) is 6.92 Å². The molecule has 2 rings (SSSR count). The Morgan fingerprint density at radius 3 is 2.38 bits per heavy atom. The number of hydrogen-bond donors (Lipinski definition) is 1. The zero-order chi connectivity index (χ0) is 12.1. The van der Waals surface area contributed by atoms with Crippen LogP contribution >= 0.6 is 0 Å². The largest absolute Gasteiger partial charge is 0.351 e. The van der Waals surface area contributed by atoms with Gasteiger partial charge in [-0.3, -0.25) is 4.79 Å². The third-order valence-electron chi connectivity index (χ3n) is 4.30. The van der Waals surface area contributed by atoms with Gasteiger partial charge in [0.25, 0.3) is 0 Å². The second kappa shape index (κ2) is 3.47. The van der Waals surface area contributed by atoms with Crippen LogP contribution in [0.25, 0.3) is 0 Å². The van der Waals surface area contributed by atoms with Crippen LogP contribution in [0.3, 0.4) is 0 Å². The van der Waals surface area contributed by atoms with E-state index in [1.807, 2.05) is 13.8 Å². The maximum Gasteiger partial charge on any atom is 0.315 e. The number of nitrogens with zero attached hydrogens (tertiary/aromatic N) is 1. The van der Waals surface area contributed by atoms with Crippen LogP contribution in [0.5, 0.6) is 0 Å². The number of nitrogens with two attached hydrogens (primary N) is 1. The molecule has 1 heterocycles. The molecule has 2 N–H and O–H groups in total. The molecule has 0 aromatic carbocycles. The van der Waals surface area contributed by atoms with E-state index in [9.17, 15) is 9.59 Å². The van der Waals surface area contributed by atoms with Gasteiger partial charge in [0.05, 0.1) is 6.04 Å². The van der Waals surface area contributed by atoms with Gasteiger partial charge in [-0.1, -0.05) is 20.8 Å².